The van der Waals surface area contributed by atoms with Crippen LogP contribution in [-0.4, -0.2) is 29.5 Å². The first-order valence-electron chi connectivity index (χ1n) is 8.42. The first-order chi connectivity index (χ1) is 11.9. The largest absolute Gasteiger partial charge is 0.463 e. The predicted molar refractivity (Wildman–Crippen MR) is 93.9 cm³/mol. The number of ether oxygens (including phenoxy) is 1. The fourth-order valence-electron chi connectivity index (χ4n) is 2.21. The topological polar surface area (TPSA) is 81.4 Å². The molecular formula is C19H24N2O4. The van der Waals surface area contributed by atoms with Crippen molar-refractivity contribution in [2.24, 2.45) is 0 Å². The van der Waals surface area contributed by atoms with Crippen LogP contribution in [0.25, 0.3) is 11.3 Å². The summed E-state index contributed by atoms with van der Waals surface area (Å²) in [5, 5.41) is 2.69. The van der Waals surface area contributed by atoms with Crippen molar-refractivity contribution >= 4 is 11.9 Å². The van der Waals surface area contributed by atoms with Gasteiger partial charge in [-0.05, 0) is 20.8 Å². The molecule has 0 aliphatic carbocycles. The molecule has 25 heavy (non-hydrogen) atoms. The second-order valence-corrected chi connectivity index (χ2v) is 6.12. The van der Waals surface area contributed by atoms with Crippen molar-refractivity contribution in [1.29, 1.82) is 0 Å². The highest BCUT2D eigenvalue weighted by molar-refractivity contribution is 5.77. The number of carbonyl (C=O) groups excluding carboxylic acids is 2. The molecule has 0 aliphatic rings. The van der Waals surface area contributed by atoms with Gasteiger partial charge in [0.1, 0.15) is 0 Å². The summed E-state index contributed by atoms with van der Waals surface area (Å²) in [6.45, 7) is 5.87. The normalized spacial score (nSPS) is 10.7. The fourth-order valence-corrected chi connectivity index (χ4v) is 2.21. The Hall–Kier alpha value is -2.63. The summed E-state index contributed by atoms with van der Waals surface area (Å²) < 4.78 is 10.7. The maximum absolute atomic E-state index is 11.8. The Morgan fingerprint density at radius 1 is 1.20 bits per heavy atom. The van der Waals surface area contributed by atoms with Gasteiger partial charge in [0.05, 0.1) is 18.7 Å². The zero-order valence-corrected chi connectivity index (χ0v) is 14.9. The lowest BCUT2D eigenvalue weighted by atomic mass is 10.1. The van der Waals surface area contributed by atoms with Gasteiger partial charge in [-0.15, -0.1) is 0 Å². The van der Waals surface area contributed by atoms with Gasteiger partial charge in [-0.3, -0.25) is 9.59 Å². The summed E-state index contributed by atoms with van der Waals surface area (Å²) in [5.41, 5.74) is 2.13. The molecule has 6 heteroatoms. The molecule has 1 aromatic heterocycles. The van der Waals surface area contributed by atoms with Gasteiger partial charge >= 0.3 is 5.97 Å². The number of aromatic nitrogens is 1. The molecule has 0 aliphatic heterocycles. The molecule has 1 N–H and O–H groups in total. The molecule has 0 saturated carbocycles. The molecule has 2 aromatic rings. The van der Waals surface area contributed by atoms with Gasteiger partial charge in [-0.25, -0.2) is 4.98 Å². The van der Waals surface area contributed by atoms with Gasteiger partial charge in [-0.2, -0.15) is 0 Å². The number of carbonyl (C=O) groups is 2. The molecule has 0 spiro atoms. The first kappa shape index (κ1) is 18.7. The molecule has 1 amide bonds. The molecule has 1 heterocycles. The summed E-state index contributed by atoms with van der Waals surface area (Å²) in [4.78, 5) is 27.4. The van der Waals surface area contributed by atoms with Crippen molar-refractivity contribution in [3.05, 3.63) is 41.9 Å². The monoisotopic (exact) mass is 344 g/mol. The Morgan fingerprint density at radius 2 is 1.92 bits per heavy atom. The van der Waals surface area contributed by atoms with E-state index in [0.717, 1.165) is 5.56 Å². The summed E-state index contributed by atoms with van der Waals surface area (Å²) in [6.07, 6.45) is 2.36. The van der Waals surface area contributed by atoms with Crippen LogP contribution in [-0.2, 0) is 20.7 Å². The summed E-state index contributed by atoms with van der Waals surface area (Å²) >= 11 is 0. The highest BCUT2D eigenvalue weighted by Crippen LogP contribution is 2.21. The van der Waals surface area contributed by atoms with Gasteiger partial charge in [0.15, 0.2) is 11.7 Å². The average Bonchev–Trinajstić information content (AvgIpc) is 3.02. The number of hydrogen-bond acceptors (Lipinski definition) is 5. The molecule has 0 bridgehead atoms. The Balaban J connectivity index is 1.73. The van der Waals surface area contributed by atoms with E-state index in [1.807, 2.05) is 31.2 Å². The molecule has 134 valence electrons. The second-order valence-electron chi connectivity index (χ2n) is 6.12. The van der Waals surface area contributed by atoms with E-state index in [9.17, 15) is 9.59 Å². The number of rotatable bonds is 8. The van der Waals surface area contributed by atoms with Gasteiger partial charge in [-0.1, -0.05) is 29.8 Å². The SMILES string of the molecule is Cc1ccc(-c2cnc(CCC(=O)NCCC(=O)OC(C)C)o2)cc1. The Labute approximate surface area is 147 Å². The number of nitrogens with zero attached hydrogens (tertiary/aromatic N) is 1. The molecule has 1 aromatic carbocycles. The van der Waals surface area contributed by atoms with E-state index in [-0.39, 0.29) is 37.4 Å². The van der Waals surface area contributed by atoms with Crippen LogP contribution in [0.4, 0.5) is 0 Å². The number of oxazole rings is 1. The van der Waals surface area contributed by atoms with Crippen LogP contribution in [0.3, 0.4) is 0 Å². The number of amides is 1. The zero-order valence-electron chi connectivity index (χ0n) is 14.9. The quantitative estimate of drug-likeness (QED) is 0.744. The molecular weight excluding hydrogens is 320 g/mol. The minimum Gasteiger partial charge on any atom is -0.463 e. The van der Waals surface area contributed by atoms with Crippen molar-refractivity contribution in [2.75, 3.05) is 6.54 Å². The smallest absolute Gasteiger partial charge is 0.307 e. The third-order valence-corrected chi connectivity index (χ3v) is 3.47. The summed E-state index contributed by atoms with van der Waals surface area (Å²) in [6, 6.07) is 7.97. The third kappa shape index (κ3) is 6.41. The number of benzene rings is 1. The van der Waals surface area contributed by atoms with E-state index < -0.39 is 0 Å². The molecule has 0 radical (unpaired) electrons. The maximum atomic E-state index is 11.8. The van der Waals surface area contributed by atoms with Gasteiger partial charge < -0.3 is 14.5 Å². The number of esters is 1. The molecule has 0 fully saturated rings. The van der Waals surface area contributed by atoms with Crippen LogP contribution in [0, 0.1) is 6.92 Å². The predicted octanol–water partition coefficient (Wildman–Crippen LogP) is 3.04. The highest BCUT2D eigenvalue weighted by Gasteiger charge is 2.10. The van der Waals surface area contributed by atoms with E-state index in [4.69, 9.17) is 9.15 Å². The van der Waals surface area contributed by atoms with E-state index in [0.29, 0.717) is 18.1 Å². The van der Waals surface area contributed by atoms with E-state index >= 15 is 0 Å². The van der Waals surface area contributed by atoms with E-state index in [1.54, 1.807) is 20.0 Å². The van der Waals surface area contributed by atoms with Crippen LogP contribution < -0.4 is 5.32 Å². The summed E-state index contributed by atoms with van der Waals surface area (Å²) in [5.74, 6) is 0.745. The third-order valence-electron chi connectivity index (χ3n) is 3.47. The lowest BCUT2D eigenvalue weighted by Crippen LogP contribution is -2.27. The Bertz CT molecular complexity index is 704. The van der Waals surface area contributed by atoms with Crippen LogP contribution in [0.15, 0.2) is 34.9 Å². The molecule has 6 nitrogen and oxygen atoms in total. The second kappa shape index (κ2) is 9.01. The molecule has 0 saturated heterocycles. The molecule has 2 rings (SSSR count). The van der Waals surface area contributed by atoms with Crippen LogP contribution in [0.5, 0.6) is 0 Å². The molecule has 0 atom stereocenters. The van der Waals surface area contributed by atoms with Crippen LogP contribution in [0.2, 0.25) is 0 Å². The van der Waals surface area contributed by atoms with Crippen LogP contribution in [0.1, 0.15) is 38.1 Å². The standard InChI is InChI=1S/C19H24N2O4/c1-13(2)24-19(23)10-11-20-17(22)8-9-18-21-12-16(25-18)15-6-4-14(3)5-7-15/h4-7,12-13H,8-11H2,1-3H3,(H,20,22). The maximum Gasteiger partial charge on any atom is 0.307 e. The number of aryl methyl sites for hydroxylation is 2. The number of hydrogen-bond donors (Lipinski definition) is 1. The van der Waals surface area contributed by atoms with Gasteiger partial charge in [0.2, 0.25) is 5.91 Å². The van der Waals surface area contributed by atoms with Crippen molar-refractivity contribution in [1.82, 2.24) is 10.3 Å². The van der Waals surface area contributed by atoms with Crippen molar-refractivity contribution in [3.8, 4) is 11.3 Å². The average molecular weight is 344 g/mol. The Kier molecular flexibility index (Phi) is 6.74. The molecule has 0 unspecified atom stereocenters. The van der Waals surface area contributed by atoms with Crippen LogP contribution >= 0.6 is 0 Å². The van der Waals surface area contributed by atoms with E-state index in [1.165, 1.54) is 5.56 Å². The first-order valence-corrected chi connectivity index (χ1v) is 8.42. The summed E-state index contributed by atoms with van der Waals surface area (Å²) in [7, 11) is 0. The van der Waals surface area contributed by atoms with Gasteiger partial charge in [0, 0.05) is 24.9 Å². The lowest BCUT2D eigenvalue weighted by Gasteiger charge is -2.08. The van der Waals surface area contributed by atoms with Crippen molar-refractivity contribution in [3.63, 3.8) is 0 Å². The van der Waals surface area contributed by atoms with Gasteiger partial charge in [0.25, 0.3) is 0 Å². The van der Waals surface area contributed by atoms with E-state index in [2.05, 4.69) is 10.3 Å². The number of nitrogens with one attached hydrogen (secondary N) is 1. The lowest BCUT2D eigenvalue weighted by molar-refractivity contribution is -0.147. The minimum absolute atomic E-state index is 0.143. The highest BCUT2D eigenvalue weighted by atomic mass is 16.5. The van der Waals surface area contributed by atoms with Crippen molar-refractivity contribution < 1.29 is 18.7 Å². The minimum atomic E-state index is -0.314. The Morgan fingerprint density at radius 3 is 2.60 bits per heavy atom. The zero-order chi connectivity index (χ0) is 18.2. The van der Waals surface area contributed by atoms with Crippen molar-refractivity contribution in [2.45, 2.75) is 46.1 Å². The fraction of sp³-hybridized carbons (Fsp3) is 0.421.